The first kappa shape index (κ1) is 16.4. The van der Waals surface area contributed by atoms with Gasteiger partial charge in [0.05, 0.1) is 5.56 Å². The number of nitrogens with one attached hydrogen (secondary N) is 1. The number of nitrogens with zero attached hydrogens (tertiary/aromatic N) is 3. The van der Waals surface area contributed by atoms with E-state index in [-0.39, 0.29) is 11.9 Å². The van der Waals surface area contributed by atoms with E-state index >= 15 is 0 Å². The van der Waals surface area contributed by atoms with Gasteiger partial charge >= 0.3 is 0 Å². The van der Waals surface area contributed by atoms with Gasteiger partial charge in [-0.2, -0.15) is 0 Å². The molecule has 0 aliphatic carbocycles. The number of aromatic nitrogens is 2. The van der Waals surface area contributed by atoms with Gasteiger partial charge in [0.2, 0.25) is 5.95 Å². The van der Waals surface area contributed by atoms with Crippen molar-refractivity contribution in [3.63, 3.8) is 0 Å². The van der Waals surface area contributed by atoms with Crippen LogP contribution >= 0.6 is 0 Å². The molecule has 1 N–H and O–H groups in total. The average molecular weight is 324 g/mol. The molecule has 126 valence electrons. The molecule has 1 aliphatic rings. The summed E-state index contributed by atoms with van der Waals surface area (Å²) in [4.78, 5) is 23.3. The van der Waals surface area contributed by atoms with Gasteiger partial charge in [-0.15, -0.1) is 0 Å². The molecule has 1 aliphatic heterocycles. The second-order valence-corrected chi connectivity index (χ2v) is 6.29. The van der Waals surface area contributed by atoms with Crippen LogP contribution in [0.5, 0.6) is 0 Å². The fourth-order valence-electron chi connectivity index (χ4n) is 3.12. The predicted octanol–water partition coefficient (Wildman–Crippen LogP) is 3.67. The third-order valence-electron chi connectivity index (χ3n) is 4.39. The molecule has 0 saturated carbocycles. The molecule has 0 bridgehead atoms. The minimum absolute atomic E-state index is 0.0371. The second-order valence-electron chi connectivity index (χ2n) is 6.29. The Kier molecular flexibility index (Phi) is 5.08. The van der Waals surface area contributed by atoms with E-state index in [0.717, 1.165) is 25.1 Å². The molecule has 2 heterocycles. The van der Waals surface area contributed by atoms with Gasteiger partial charge in [-0.1, -0.05) is 38.0 Å². The van der Waals surface area contributed by atoms with Gasteiger partial charge in [0, 0.05) is 30.7 Å². The van der Waals surface area contributed by atoms with Crippen LogP contribution in [0.2, 0.25) is 0 Å². The molecule has 0 saturated heterocycles. The third-order valence-corrected chi connectivity index (χ3v) is 4.39. The number of hydrogen-bond acceptors (Lipinski definition) is 4. The molecule has 3 rings (SSSR count). The Morgan fingerprint density at radius 1 is 1.25 bits per heavy atom. The summed E-state index contributed by atoms with van der Waals surface area (Å²) < 4.78 is 0. The number of para-hydroxylation sites is 1. The standard InChI is InChI=1S/C19H24N4O/c1-3-4-7-10-20-19-21-12-16(13-22-19)18(24)23-14(2)11-15-8-5-6-9-17(15)23/h5-6,8-9,12-14H,3-4,7,10-11H2,1-2H3,(H,20,21,22). The lowest BCUT2D eigenvalue weighted by Gasteiger charge is -2.22. The van der Waals surface area contributed by atoms with Gasteiger partial charge in [-0.05, 0) is 31.4 Å². The van der Waals surface area contributed by atoms with Crippen LogP contribution in [0.4, 0.5) is 11.6 Å². The van der Waals surface area contributed by atoms with Crippen molar-refractivity contribution in [1.82, 2.24) is 9.97 Å². The molecule has 0 spiro atoms. The highest BCUT2D eigenvalue weighted by molar-refractivity contribution is 6.07. The lowest BCUT2D eigenvalue weighted by molar-refractivity contribution is 0.0981. The van der Waals surface area contributed by atoms with Crippen LogP contribution in [0.25, 0.3) is 0 Å². The smallest absolute Gasteiger partial charge is 0.261 e. The maximum atomic E-state index is 12.9. The van der Waals surface area contributed by atoms with Crippen LogP contribution in [0.15, 0.2) is 36.7 Å². The molecule has 24 heavy (non-hydrogen) atoms. The van der Waals surface area contributed by atoms with Crippen LogP contribution in [0.1, 0.15) is 49.0 Å². The van der Waals surface area contributed by atoms with Crippen molar-refractivity contribution in [3.8, 4) is 0 Å². The van der Waals surface area contributed by atoms with Crippen molar-refractivity contribution in [2.24, 2.45) is 0 Å². The molecule has 0 radical (unpaired) electrons. The number of anilines is 2. The Morgan fingerprint density at radius 2 is 2.00 bits per heavy atom. The number of hydrogen-bond donors (Lipinski definition) is 1. The van der Waals surface area contributed by atoms with Crippen molar-refractivity contribution in [2.45, 2.75) is 45.6 Å². The lowest BCUT2D eigenvalue weighted by Crippen LogP contribution is -2.35. The van der Waals surface area contributed by atoms with Crippen molar-refractivity contribution in [1.29, 1.82) is 0 Å². The van der Waals surface area contributed by atoms with E-state index in [0.29, 0.717) is 11.5 Å². The highest BCUT2D eigenvalue weighted by Crippen LogP contribution is 2.32. The van der Waals surface area contributed by atoms with Crippen LogP contribution in [0, 0.1) is 0 Å². The van der Waals surface area contributed by atoms with Gasteiger partial charge in [-0.3, -0.25) is 4.79 Å². The lowest BCUT2D eigenvalue weighted by atomic mass is 10.1. The minimum atomic E-state index is -0.0371. The third kappa shape index (κ3) is 3.40. The number of amides is 1. The largest absolute Gasteiger partial charge is 0.354 e. The molecular weight excluding hydrogens is 300 g/mol. The molecule has 1 aromatic heterocycles. The van der Waals surface area contributed by atoms with Crippen molar-refractivity contribution in [3.05, 3.63) is 47.8 Å². The van der Waals surface area contributed by atoms with E-state index < -0.39 is 0 Å². The second kappa shape index (κ2) is 7.43. The number of carbonyl (C=O) groups excluding carboxylic acids is 1. The number of unbranched alkanes of at least 4 members (excludes halogenated alkanes) is 2. The van der Waals surface area contributed by atoms with E-state index in [1.807, 2.05) is 23.1 Å². The van der Waals surface area contributed by atoms with Gasteiger partial charge in [0.1, 0.15) is 0 Å². The summed E-state index contributed by atoms with van der Waals surface area (Å²) in [6, 6.07) is 8.22. The molecule has 1 unspecified atom stereocenters. The zero-order valence-electron chi connectivity index (χ0n) is 14.3. The summed E-state index contributed by atoms with van der Waals surface area (Å²) in [7, 11) is 0. The quantitative estimate of drug-likeness (QED) is 0.824. The molecule has 5 nitrogen and oxygen atoms in total. The summed E-state index contributed by atoms with van der Waals surface area (Å²) in [5, 5.41) is 3.19. The average Bonchev–Trinajstić information content (AvgIpc) is 2.94. The zero-order chi connectivity index (χ0) is 16.9. The normalized spacial score (nSPS) is 16.1. The SMILES string of the molecule is CCCCCNc1ncc(C(=O)N2c3ccccc3CC2C)cn1. The van der Waals surface area contributed by atoms with Gasteiger partial charge < -0.3 is 10.2 Å². The first-order valence-corrected chi connectivity index (χ1v) is 8.68. The highest BCUT2D eigenvalue weighted by atomic mass is 16.2. The van der Waals surface area contributed by atoms with Crippen molar-refractivity contribution in [2.75, 3.05) is 16.8 Å². The summed E-state index contributed by atoms with van der Waals surface area (Å²) >= 11 is 0. The van der Waals surface area contributed by atoms with Gasteiger partial charge in [0.15, 0.2) is 0 Å². The fourth-order valence-corrected chi connectivity index (χ4v) is 3.12. The molecule has 5 heteroatoms. The van der Waals surface area contributed by atoms with Crippen LogP contribution in [-0.2, 0) is 6.42 Å². The molecule has 2 aromatic rings. The Hall–Kier alpha value is -2.43. The van der Waals surface area contributed by atoms with E-state index in [1.54, 1.807) is 12.4 Å². The fraction of sp³-hybridized carbons (Fsp3) is 0.421. The van der Waals surface area contributed by atoms with Crippen molar-refractivity contribution < 1.29 is 4.79 Å². The Morgan fingerprint density at radius 3 is 2.75 bits per heavy atom. The summed E-state index contributed by atoms with van der Waals surface area (Å²) in [6.45, 7) is 5.11. The van der Waals surface area contributed by atoms with E-state index in [9.17, 15) is 4.79 Å². The van der Waals surface area contributed by atoms with Crippen molar-refractivity contribution >= 4 is 17.5 Å². The first-order chi connectivity index (χ1) is 11.7. The van der Waals surface area contributed by atoms with E-state index in [1.165, 1.54) is 18.4 Å². The van der Waals surface area contributed by atoms with E-state index in [2.05, 4.69) is 35.2 Å². The maximum Gasteiger partial charge on any atom is 0.261 e. The maximum absolute atomic E-state index is 12.9. The minimum Gasteiger partial charge on any atom is -0.354 e. The first-order valence-electron chi connectivity index (χ1n) is 8.68. The van der Waals surface area contributed by atoms with Crippen LogP contribution < -0.4 is 10.2 Å². The van der Waals surface area contributed by atoms with Gasteiger partial charge in [-0.25, -0.2) is 9.97 Å². The Labute approximate surface area is 143 Å². The van der Waals surface area contributed by atoms with Crippen LogP contribution in [-0.4, -0.2) is 28.5 Å². The van der Waals surface area contributed by atoms with Gasteiger partial charge in [0.25, 0.3) is 5.91 Å². The highest BCUT2D eigenvalue weighted by Gasteiger charge is 2.31. The zero-order valence-corrected chi connectivity index (χ0v) is 14.3. The summed E-state index contributed by atoms with van der Waals surface area (Å²) in [6.07, 6.45) is 7.60. The summed E-state index contributed by atoms with van der Waals surface area (Å²) in [5.41, 5.74) is 2.74. The molecule has 1 atom stereocenters. The Balaban J connectivity index is 1.69. The number of fused-ring (bicyclic) bond motifs is 1. The van der Waals surface area contributed by atoms with Crippen LogP contribution in [0.3, 0.4) is 0 Å². The monoisotopic (exact) mass is 324 g/mol. The molecular formula is C19H24N4O. The molecule has 1 amide bonds. The predicted molar refractivity (Wildman–Crippen MR) is 96.5 cm³/mol. The number of carbonyl (C=O) groups is 1. The van der Waals surface area contributed by atoms with E-state index in [4.69, 9.17) is 0 Å². The molecule has 1 aromatic carbocycles. The number of benzene rings is 1. The molecule has 0 fully saturated rings. The number of rotatable bonds is 6. The Bertz CT molecular complexity index is 699. The topological polar surface area (TPSA) is 58.1 Å². The summed E-state index contributed by atoms with van der Waals surface area (Å²) in [5.74, 6) is 0.544.